The van der Waals surface area contributed by atoms with Gasteiger partial charge in [0.2, 0.25) is 11.8 Å². The molecule has 1 fully saturated rings. The first-order valence-electron chi connectivity index (χ1n) is 4.32. The number of hydrogen-bond acceptors (Lipinski definition) is 3. The molecule has 2 N–H and O–H groups in total. The average molecular weight is 202 g/mol. The molecule has 13 heavy (non-hydrogen) atoms. The molecule has 1 atom stereocenters. The summed E-state index contributed by atoms with van der Waals surface area (Å²) in [7, 11) is 0. The lowest BCUT2D eigenvalue weighted by molar-refractivity contribution is -0.127. The fourth-order valence-corrected chi connectivity index (χ4v) is 1.23. The Hall–Kier alpha value is -0.710. The van der Waals surface area contributed by atoms with Crippen LogP contribution >= 0.6 is 12.6 Å². The number of carbonyl (C=O) groups is 2. The Bertz CT molecular complexity index is 216. The number of nitrogens with one attached hydrogen (secondary N) is 2. The maximum Gasteiger partial charge on any atom is 0.243 e. The molecule has 0 saturated heterocycles. The van der Waals surface area contributed by atoms with Gasteiger partial charge in [0.25, 0.3) is 0 Å². The summed E-state index contributed by atoms with van der Waals surface area (Å²) in [5.41, 5.74) is 0. The van der Waals surface area contributed by atoms with E-state index in [9.17, 15) is 9.59 Å². The Morgan fingerprint density at radius 2 is 2.15 bits per heavy atom. The lowest BCUT2D eigenvalue weighted by atomic mass is 10.3. The second-order valence-corrected chi connectivity index (χ2v) is 3.58. The van der Waals surface area contributed by atoms with Gasteiger partial charge in [-0.2, -0.15) is 12.6 Å². The highest BCUT2D eigenvalue weighted by Gasteiger charge is 2.26. The zero-order valence-corrected chi connectivity index (χ0v) is 8.43. The number of hydrogen-bond donors (Lipinski definition) is 3. The van der Waals surface area contributed by atoms with Gasteiger partial charge < -0.3 is 10.6 Å². The van der Waals surface area contributed by atoms with Crippen molar-refractivity contribution in [3.05, 3.63) is 0 Å². The first-order chi connectivity index (χ1) is 6.13. The fourth-order valence-electron chi connectivity index (χ4n) is 0.969. The molecule has 1 rings (SSSR count). The number of carbonyl (C=O) groups excluding carboxylic acids is 2. The number of rotatable bonds is 4. The van der Waals surface area contributed by atoms with Gasteiger partial charge in [0.15, 0.2) is 0 Å². The summed E-state index contributed by atoms with van der Waals surface area (Å²) >= 11 is 4.00. The Morgan fingerprint density at radius 1 is 1.54 bits per heavy atom. The third-order valence-corrected chi connectivity index (χ3v) is 2.17. The van der Waals surface area contributed by atoms with Crippen LogP contribution in [-0.2, 0) is 9.59 Å². The molecular weight excluding hydrogens is 188 g/mol. The first kappa shape index (κ1) is 10.4. The normalized spacial score (nSPS) is 17.7. The second-order valence-electron chi connectivity index (χ2n) is 3.22. The van der Waals surface area contributed by atoms with E-state index in [1.54, 1.807) is 0 Å². The van der Waals surface area contributed by atoms with E-state index in [0.717, 1.165) is 12.8 Å². The summed E-state index contributed by atoms with van der Waals surface area (Å²) in [6.45, 7) is 1.39. The van der Waals surface area contributed by atoms with E-state index >= 15 is 0 Å². The molecule has 0 radical (unpaired) electrons. The van der Waals surface area contributed by atoms with Gasteiger partial charge in [-0.1, -0.05) is 0 Å². The van der Waals surface area contributed by atoms with E-state index in [4.69, 9.17) is 0 Å². The zero-order chi connectivity index (χ0) is 9.84. The molecule has 2 amide bonds. The molecule has 0 aliphatic heterocycles. The maximum atomic E-state index is 11.4. The zero-order valence-electron chi connectivity index (χ0n) is 7.54. The smallest absolute Gasteiger partial charge is 0.243 e. The third-order valence-electron chi connectivity index (χ3n) is 1.80. The molecular formula is C8H14N2O2S. The van der Waals surface area contributed by atoms with Crippen molar-refractivity contribution in [2.45, 2.75) is 31.8 Å². The van der Waals surface area contributed by atoms with E-state index in [1.165, 1.54) is 6.92 Å². The Kier molecular flexibility index (Phi) is 3.59. The predicted molar refractivity (Wildman–Crippen MR) is 52.6 cm³/mol. The Balaban J connectivity index is 2.34. The lowest BCUT2D eigenvalue weighted by Crippen LogP contribution is -2.47. The molecule has 1 aliphatic carbocycles. The molecule has 74 valence electrons. The summed E-state index contributed by atoms with van der Waals surface area (Å²) in [6.07, 6.45) is 2.09. The van der Waals surface area contributed by atoms with Crippen molar-refractivity contribution in [3.63, 3.8) is 0 Å². The van der Waals surface area contributed by atoms with Crippen LogP contribution in [0.2, 0.25) is 0 Å². The van der Waals surface area contributed by atoms with E-state index in [-0.39, 0.29) is 11.8 Å². The van der Waals surface area contributed by atoms with Crippen molar-refractivity contribution in [1.29, 1.82) is 0 Å². The molecule has 1 unspecified atom stereocenters. The van der Waals surface area contributed by atoms with Gasteiger partial charge in [0, 0.05) is 18.7 Å². The minimum Gasteiger partial charge on any atom is -0.352 e. The monoisotopic (exact) mass is 202 g/mol. The first-order valence-corrected chi connectivity index (χ1v) is 4.95. The quantitative estimate of drug-likeness (QED) is 0.548. The molecule has 0 aromatic carbocycles. The summed E-state index contributed by atoms with van der Waals surface area (Å²) in [6, 6.07) is -0.176. The maximum absolute atomic E-state index is 11.4. The number of amides is 2. The van der Waals surface area contributed by atoms with Crippen LogP contribution in [0.5, 0.6) is 0 Å². The standard InChI is InChI=1S/C8H14N2O2S/c1-5(11)9-7(4-13)8(12)10-6-2-3-6/h6-7,13H,2-4H2,1H3,(H,9,11)(H,10,12). The fraction of sp³-hybridized carbons (Fsp3) is 0.750. The minimum absolute atomic E-state index is 0.132. The third kappa shape index (κ3) is 3.67. The summed E-state index contributed by atoms with van der Waals surface area (Å²) in [5, 5.41) is 5.34. The van der Waals surface area contributed by atoms with Gasteiger partial charge >= 0.3 is 0 Å². The van der Waals surface area contributed by atoms with Crippen LogP contribution in [0.3, 0.4) is 0 Å². The second kappa shape index (κ2) is 4.50. The Morgan fingerprint density at radius 3 is 2.54 bits per heavy atom. The lowest BCUT2D eigenvalue weighted by Gasteiger charge is -2.14. The topological polar surface area (TPSA) is 58.2 Å². The molecule has 0 aromatic heterocycles. The van der Waals surface area contributed by atoms with Crippen molar-refractivity contribution in [2.75, 3.05) is 5.75 Å². The molecule has 0 spiro atoms. The van der Waals surface area contributed by atoms with Crippen LogP contribution in [0.1, 0.15) is 19.8 Å². The van der Waals surface area contributed by atoms with Gasteiger partial charge in [0.1, 0.15) is 6.04 Å². The largest absolute Gasteiger partial charge is 0.352 e. The van der Waals surface area contributed by atoms with Crippen molar-refractivity contribution < 1.29 is 9.59 Å². The van der Waals surface area contributed by atoms with Crippen LogP contribution in [-0.4, -0.2) is 29.7 Å². The molecule has 4 nitrogen and oxygen atoms in total. The van der Waals surface area contributed by atoms with Crippen molar-refractivity contribution in [1.82, 2.24) is 10.6 Å². The molecule has 1 saturated carbocycles. The molecule has 0 bridgehead atoms. The highest BCUT2D eigenvalue weighted by Crippen LogP contribution is 2.18. The molecule has 0 heterocycles. The van der Waals surface area contributed by atoms with Gasteiger partial charge in [-0.15, -0.1) is 0 Å². The van der Waals surface area contributed by atoms with Gasteiger partial charge in [0.05, 0.1) is 0 Å². The van der Waals surface area contributed by atoms with Crippen molar-refractivity contribution in [3.8, 4) is 0 Å². The van der Waals surface area contributed by atoms with Crippen molar-refractivity contribution >= 4 is 24.4 Å². The summed E-state index contributed by atoms with van der Waals surface area (Å²) in [5.74, 6) is -0.00398. The number of thiol groups is 1. The molecule has 1 aliphatic rings. The van der Waals surface area contributed by atoms with Gasteiger partial charge in [-0.25, -0.2) is 0 Å². The van der Waals surface area contributed by atoms with Gasteiger partial charge in [-0.05, 0) is 12.8 Å². The van der Waals surface area contributed by atoms with E-state index < -0.39 is 6.04 Å². The van der Waals surface area contributed by atoms with Crippen LogP contribution < -0.4 is 10.6 Å². The molecule has 0 aromatic rings. The SMILES string of the molecule is CC(=O)NC(CS)C(=O)NC1CC1. The predicted octanol–water partition coefficient (Wildman–Crippen LogP) is -0.301. The van der Waals surface area contributed by atoms with E-state index in [1.807, 2.05) is 0 Å². The van der Waals surface area contributed by atoms with Gasteiger partial charge in [-0.3, -0.25) is 9.59 Å². The van der Waals surface area contributed by atoms with Crippen LogP contribution in [0.15, 0.2) is 0 Å². The van der Waals surface area contributed by atoms with Crippen LogP contribution in [0, 0.1) is 0 Å². The summed E-state index contributed by atoms with van der Waals surface area (Å²) < 4.78 is 0. The minimum atomic E-state index is -0.499. The molecule has 5 heteroatoms. The van der Waals surface area contributed by atoms with Crippen LogP contribution in [0.25, 0.3) is 0 Å². The van der Waals surface area contributed by atoms with Crippen molar-refractivity contribution in [2.24, 2.45) is 0 Å². The highest BCUT2D eigenvalue weighted by atomic mass is 32.1. The van der Waals surface area contributed by atoms with E-state index in [2.05, 4.69) is 23.3 Å². The highest BCUT2D eigenvalue weighted by molar-refractivity contribution is 7.80. The Labute approximate surface area is 82.9 Å². The average Bonchev–Trinajstić information content (AvgIpc) is 2.83. The van der Waals surface area contributed by atoms with E-state index in [0.29, 0.717) is 11.8 Å². The van der Waals surface area contributed by atoms with Crippen LogP contribution in [0.4, 0.5) is 0 Å². The summed E-state index contributed by atoms with van der Waals surface area (Å²) in [4.78, 5) is 22.1.